The summed E-state index contributed by atoms with van der Waals surface area (Å²) in [6.45, 7) is 4.81. The third-order valence-electron chi connectivity index (χ3n) is 3.92. The molecule has 1 saturated heterocycles. The quantitative estimate of drug-likeness (QED) is 0.641. The predicted molar refractivity (Wildman–Crippen MR) is 64.3 cm³/mol. The second-order valence-electron chi connectivity index (χ2n) is 5.88. The van der Waals surface area contributed by atoms with E-state index in [1.807, 2.05) is 0 Å². The van der Waals surface area contributed by atoms with Crippen molar-refractivity contribution < 1.29 is 14.4 Å². The van der Waals surface area contributed by atoms with Crippen molar-refractivity contribution in [2.75, 3.05) is 6.54 Å². The number of hydrogen-bond donors (Lipinski definition) is 2. The predicted octanol–water partition coefficient (Wildman–Crippen LogP) is -0.623. The first-order valence-corrected chi connectivity index (χ1v) is 6.12. The van der Waals surface area contributed by atoms with Crippen LogP contribution in [0.1, 0.15) is 33.6 Å². The monoisotopic (exact) mass is 253 g/mol. The van der Waals surface area contributed by atoms with Crippen molar-refractivity contribution in [2.45, 2.75) is 44.7 Å². The zero-order valence-electron chi connectivity index (χ0n) is 10.9. The standard InChI is InChI=1S/C12H19N3O3/c1-11(2)9(17)14-8(16)6-15(11)10(18)12(3,13)7-4-5-7/h7H,4-6,13H2,1-3H3,(H,14,16,17). The maximum atomic E-state index is 12.5. The lowest BCUT2D eigenvalue weighted by Gasteiger charge is -2.43. The van der Waals surface area contributed by atoms with E-state index in [-0.39, 0.29) is 18.4 Å². The largest absolute Gasteiger partial charge is 0.318 e. The Morgan fingerprint density at radius 3 is 2.50 bits per heavy atom. The Morgan fingerprint density at radius 2 is 2.00 bits per heavy atom. The first kappa shape index (κ1) is 13.0. The van der Waals surface area contributed by atoms with E-state index in [1.165, 1.54) is 4.90 Å². The van der Waals surface area contributed by atoms with Crippen LogP contribution in [0.4, 0.5) is 0 Å². The van der Waals surface area contributed by atoms with Crippen LogP contribution < -0.4 is 11.1 Å². The lowest BCUT2D eigenvalue weighted by atomic mass is 9.90. The molecule has 6 nitrogen and oxygen atoms in total. The molecule has 2 rings (SSSR count). The summed E-state index contributed by atoms with van der Waals surface area (Å²) in [4.78, 5) is 37.0. The Morgan fingerprint density at radius 1 is 1.44 bits per heavy atom. The molecule has 100 valence electrons. The Labute approximate surface area is 106 Å². The number of nitrogens with two attached hydrogens (primary N) is 1. The summed E-state index contributed by atoms with van der Waals surface area (Å²) in [7, 11) is 0. The van der Waals surface area contributed by atoms with Crippen molar-refractivity contribution >= 4 is 17.7 Å². The van der Waals surface area contributed by atoms with Crippen LogP contribution in [0.2, 0.25) is 0 Å². The van der Waals surface area contributed by atoms with Crippen LogP contribution in [0.3, 0.4) is 0 Å². The second kappa shape index (κ2) is 3.78. The Hall–Kier alpha value is -1.43. The van der Waals surface area contributed by atoms with Gasteiger partial charge in [-0.25, -0.2) is 0 Å². The second-order valence-corrected chi connectivity index (χ2v) is 5.88. The number of carbonyl (C=O) groups is 3. The lowest BCUT2D eigenvalue weighted by Crippen LogP contribution is -2.70. The summed E-state index contributed by atoms with van der Waals surface area (Å²) >= 11 is 0. The summed E-state index contributed by atoms with van der Waals surface area (Å²) in [6.07, 6.45) is 1.85. The fourth-order valence-corrected chi connectivity index (χ4v) is 2.26. The minimum atomic E-state index is -1.04. The molecule has 0 aromatic rings. The van der Waals surface area contributed by atoms with Crippen molar-refractivity contribution in [3.05, 3.63) is 0 Å². The number of carbonyl (C=O) groups excluding carboxylic acids is 3. The van der Waals surface area contributed by atoms with Gasteiger partial charge in [-0.15, -0.1) is 0 Å². The summed E-state index contributed by atoms with van der Waals surface area (Å²) in [5, 5.41) is 2.24. The highest BCUT2D eigenvalue weighted by atomic mass is 16.2. The van der Waals surface area contributed by atoms with Crippen molar-refractivity contribution in [1.82, 2.24) is 10.2 Å². The highest BCUT2D eigenvalue weighted by Crippen LogP contribution is 2.40. The van der Waals surface area contributed by atoms with Crippen LogP contribution in [0.25, 0.3) is 0 Å². The molecule has 0 bridgehead atoms. The minimum absolute atomic E-state index is 0.114. The van der Waals surface area contributed by atoms with E-state index < -0.39 is 22.9 Å². The highest BCUT2D eigenvalue weighted by molar-refractivity contribution is 6.07. The van der Waals surface area contributed by atoms with Crippen LogP contribution in [0.15, 0.2) is 0 Å². The number of hydrogen-bond acceptors (Lipinski definition) is 4. The Kier molecular flexibility index (Phi) is 2.73. The number of nitrogens with zero attached hydrogens (tertiary/aromatic N) is 1. The van der Waals surface area contributed by atoms with Gasteiger partial charge in [0.1, 0.15) is 12.1 Å². The fourth-order valence-electron chi connectivity index (χ4n) is 2.26. The minimum Gasteiger partial charge on any atom is -0.318 e. The summed E-state index contributed by atoms with van der Waals surface area (Å²) in [5.41, 5.74) is 4.04. The number of amides is 3. The van der Waals surface area contributed by atoms with Gasteiger partial charge >= 0.3 is 0 Å². The smallest absolute Gasteiger partial charge is 0.252 e. The average Bonchev–Trinajstić information content (AvgIpc) is 3.06. The number of rotatable bonds is 2. The van der Waals surface area contributed by atoms with Crippen molar-refractivity contribution in [3.63, 3.8) is 0 Å². The molecule has 0 aromatic carbocycles. The molecule has 1 unspecified atom stereocenters. The van der Waals surface area contributed by atoms with Gasteiger partial charge in [0.05, 0.1) is 5.54 Å². The van der Waals surface area contributed by atoms with Gasteiger partial charge in [-0.2, -0.15) is 0 Å². The number of imide groups is 1. The van der Waals surface area contributed by atoms with E-state index in [1.54, 1.807) is 20.8 Å². The molecule has 2 fully saturated rings. The summed E-state index contributed by atoms with van der Waals surface area (Å²) < 4.78 is 0. The van der Waals surface area contributed by atoms with Crippen LogP contribution >= 0.6 is 0 Å². The van der Waals surface area contributed by atoms with Crippen LogP contribution in [-0.4, -0.2) is 40.2 Å². The van der Waals surface area contributed by atoms with Gasteiger partial charge in [0, 0.05) is 0 Å². The highest BCUT2D eigenvalue weighted by Gasteiger charge is 2.52. The van der Waals surface area contributed by atoms with Crippen molar-refractivity contribution in [3.8, 4) is 0 Å². The molecule has 1 aliphatic carbocycles. The van der Waals surface area contributed by atoms with Gasteiger partial charge in [-0.1, -0.05) is 0 Å². The maximum Gasteiger partial charge on any atom is 0.252 e. The SMILES string of the molecule is CC(N)(C(=O)N1CC(=O)NC(=O)C1(C)C)C1CC1. The molecular formula is C12H19N3O3. The van der Waals surface area contributed by atoms with Crippen LogP contribution in [0.5, 0.6) is 0 Å². The number of nitrogens with one attached hydrogen (secondary N) is 1. The van der Waals surface area contributed by atoms with E-state index in [9.17, 15) is 14.4 Å². The van der Waals surface area contributed by atoms with Crippen LogP contribution in [0, 0.1) is 5.92 Å². The molecule has 1 aliphatic heterocycles. The summed E-state index contributed by atoms with van der Waals surface area (Å²) in [6, 6.07) is 0. The molecule has 2 aliphatic rings. The Bertz CT molecular complexity index is 424. The zero-order valence-corrected chi connectivity index (χ0v) is 10.9. The topological polar surface area (TPSA) is 92.5 Å². The first-order chi connectivity index (χ1) is 8.17. The maximum absolute atomic E-state index is 12.5. The van der Waals surface area contributed by atoms with Gasteiger partial charge in [-0.3, -0.25) is 19.7 Å². The molecule has 3 N–H and O–H groups in total. The van der Waals surface area contributed by atoms with Crippen molar-refractivity contribution in [2.24, 2.45) is 11.7 Å². The molecule has 18 heavy (non-hydrogen) atoms. The third kappa shape index (κ3) is 1.90. The van der Waals surface area contributed by atoms with Crippen LogP contribution in [-0.2, 0) is 14.4 Å². The van der Waals surface area contributed by atoms with Gasteiger partial charge in [-0.05, 0) is 39.5 Å². The van der Waals surface area contributed by atoms with E-state index in [2.05, 4.69) is 5.32 Å². The molecule has 0 aromatic heterocycles. The van der Waals surface area contributed by atoms with E-state index in [4.69, 9.17) is 5.73 Å². The molecule has 0 radical (unpaired) electrons. The number of piperazine rings is 1. The molecule has 3 amide bonds. The van der Waals surface area contributed by atoms with Crippen molar-refractivity contribution in [1.29, 1.82) is 0 Å². The normalized spacial score (nSPS) is 26.6. The lowest BCUT2D eigenvalue weighted by molar-refractivity contribution is -0.158. The fraction of sp³-hybridized carbons (Fsp3) is 0.750. The average molecular weight is 253 g/mol. The molecule has 0 spiro atoms. The van der Waals surface area contributed by atoms with Gasteiger partial charge in [0.2, 0.25) is 11.8 Å². The Balaban J connectivity index is 2.27. The molecule has 1 heterocycles. The van der Waals surface area contributed by atoms with Gasteiger partial charge in [0.25, 0.3) is 5.91 Å². The molecular weight excluding hydrogens is 234 g/mol. The molecule has 1 atom stereocenters. The summed E-state index contributed by atoms with van der Waals surface area (Å²) in [5.74, 6) is -1.09. The van der Waals surface area contributed by atoms with E-state index >= 15 is 0 Å². The van der Waals surface area contributed by atoms with Gasteiger partial charge in [0.15, 0.2) is 0 Å². The molecule has 6 heteroatoms. The van der Waals surface area contributed by atoms with E-state index in [0.29, 0.717) is 0 Å². The molecule has 1 saturated carbocycles. The third-order valence-corrected chi connectivity index (χ3v) is 3.92. The van der Waals surface area contributed by atoms with E-state index in [0.717, 1.165) is 12.8 Å². The zero-order chi connectivity index (χ0) is 13.7. The van der Waals surface area contributed by atoms with Gasteiger partial charge < -0.3 is 10.6 Å². The first-order valence-electron chi connectivity index (χ1n) is 6.12.